The summed E-state index contributed by atoms with van der Waals surface area (Å²) < 4.78 is 16.9. The van der Waals surface area contributed by atoms with Gasteiger partial charge in [0.25, 0.3) is 5.91 Å². The van der Waals surface area contributed by atoms with E-state index in [9.17, 15) is 4.79 Å². The lowest BCUT2D eigenvalue weighted by molar-refractivity contribution is 0.0556. The molecular formula is C27H24FN9O. The Bertz CT molecular complexity index is 1620. The number of carbonyl (C=O) groups is 1. The Morgan fingerprint density at radius 1 is 1.03 bits per heavy atom. The molecule has 0 aliphatic carbocycles. The van der Waals surface area contributed by atoms with Gasteiger partial charge in [0.1, 0.15) is 6.33 Å². The average molecular weight is 510 g/mol. The Labute approximate surface area is 216 Å². The number of rotatable bonds is 4. The van der Waals surface area contributed by atoms with Crippen molar-refractivity contribution < 1.29 is 9.18 Å². The third-order valence-electron chi connectivity index (χ3n) is 7.77. The molecule has 10 nitrogen and oxygen atoms in total. The van der Waals surface area contributed by atoms with Crippen molar-refractivity contribution >= 4 is 17.4 Å². The van der Waals surface area contributed by atoms with Crippen molar-refractivity contribution in [2.24, 2.45) is 0 Å². The number of nitrogens with two attached hydrogens (primary N) is 1. The maximum atomic E-state index is 15.6. The SMILES string of the molecule is Nc1c(F)c([C@H]2C[C@H]3CC[C@@H](C2)N3C(=O)c2nnc[nH]2)nc2c(-c3ccc(-c4ccccc4)nc3)cnn12. The summed E-state index contributed by atoms with van der Waals surface area (Å²) in [6.45, 7) is 0. The van der Waals surface area contributed by atoms with Crippen LogP contribution < -0.4 is 5.73 Å². The zero-order chi connectivity index (χ0) is 25.8. The molecule has 2 bridgehead atoms. The molecule has 2 aliphatic heterocycles. The number of nitrogens with one attached hydrogen (secondary N) is 1. The summed E-state index contributed by atoms with van der Waals surface area (Å²) in [6, 6.07) is 13.8. The van der Waals surface area contributed by atoms with Crippen LogP contribution >= 0.6 is 0 Å². The Kier molecular flexibility index (Phi) is 5.17. The first-order chi connectivity index (χ1) is 18.6. The van der Waals surface area contributed by atoms with E-state index in [1.54, 1.807) is 12.4 Å². The van der Waals surface area contributed by atoms with Gasteiger partial charge in [0.15, 0.2) is 17.3 Å². The van der Waals surface area contributed by atoms with E-state index in [1.165, 1.54) is 10.8 Å². The molecule has 5 aromatic rings. The number of aromatic amines is 1. The van der Waals surface area contributed by atoms with E-state index in [-0.39, 0.29) is 35.6 Å². The van der Waals surface area contributed by atoms with Gasteiger partial charge in [0.2, 0.25) is 5.82 Å². The first-order valence-electron chi connectivity index (χ1n) is 12.6. The quantitative estimate of drug-likeness (QED) is 0.376. The molecule has 0 unspecified atom stereocenters. The highest BCUT2D eigenvalue weighted by atomic mass is 19.1. The first kappa shape index (κ1) is 22.5. The number of nitrogen functional groups attached to an aromatic ring is 1. The van der Waals surface area contributed by atoms with E-state index < -0.39 is 5.82 Å². The van der Waals surface area contributed by atoms with Crippen LogP contribution in [0.1, 0.15) is 47.9 Å². The van der Waals surface area contributed by atoms with Crippen LogP contribution in [0.2, 0.25) is 0 Å². The first-order valence-corrected chi connectivity index (χ1v) is 12.6. The number of carbonyl (C=O) groups excluding carboxylic acids is 1. The van der Waals surface area contributed by atoms with Crippen LogP contribution in [-0.2, 0) is 0 Å². The zero-order valence-corrected chi connectivity index (χ0v) is 20.3. The Morgan fingerprint density at radius 3 is 2.50 bits per heavy atom. The summed E-state index contributed by atoms with van der Waals surface area (Å²) in [4.78, 5) is 27.1. The molecule has 0 radical (unpaired) electrons. The maximum absolute atomic E-state index is 15.6. The summed E-state index contributed by atoms with van der Waals surface area (Å²) in [6.07, 6.45) is 7.74. The molecule has 38 heavy (non-hydrogen) atoms. The maximum Gasteiger partial charge on any atom is 0.292 e. The summed E-state index contributed by atoms with van der Waals surface area (Å²) in [7, 11) is 0. The predicted molar refractivity (Wildman–Crippen MR) is 137 cm³/mol. The molecule has 190 valence electrons. The van der Waals surface area contributed by atoms with Crippen LogP contribution in [0.4, 0.5) is 10.2 Å². The largest absolute Gasteiger partial charge is 0.381 e. The number of amides is 1. The number of hydrogen-bond donors (Lipinski definition) is 2. The summed E-state index contributed by atoms with van der Waals surface area (Å²) in [5.41, 5.74) is 10.5. The second-order valence-corrected chi connectivity index (χ2v) is 9.89. The van der Waals surface area contributed by atoms with Gasteiger partial charge in [0, 0.05) is 40.9 Å². The minimum atomic E-state index is -0.552. The van der Waals surface area contributed by atoms with E-state index in [2.05, 4.69) is 25.3 Å². The second kappa shape index (κ2) is 8.72. The monoisotopic (exact) mass is 509 g/mol. The highest BCUT2D eigenvalue weighted by Gasteiger charge is 2.45. The minimum absolute atomic E-state index is 0.0193. The second-order valence-electron chi connectivity index (χ2n) is 9.89. The van der Waals surface area contributed by atoms with Crippen LogP contribution in [0.5, 0.6) is 0 Å². The Hall–Kier alpha value is -4.67. The number of H-pyrrole nitrogens is 1. The smallest absolute Gasteiger partial charge is 0.292 e. The standard InChI is InChI=1S/C27H24FN9O/c28-22-23(17-10-18-7-8-19(11-17)36(18)27(38)25-31-14-32-35-25)34-26-20(13-33-37(26)24(22)29)16-6-9-21(30-12-16)15-4-2-1-3-5-15/h1-6,9,12-14,17-19H,7-8,10-11,29H2,(H,31,32,35)/t17-,18+,19-. The predicted octanol–water partition coefficient (Wildman–Crippen LogP) is 3.85. The van der Waals surface area contributed by atoms with Crippen LogP contribution in [0.25, 0.3) is 28.0 Å². The van der Waals surface area contributed by atoms with Gasteiger partial charge in [0.05, 0.1) is 17.6 Å². The average Bonchev–Trinajstić information content (AvgIpc) is 3.69. The molecule has 3 N–H and O–H groups in total. The van der Waals surface area contributed by atoms with Crippen molar-refractivity contribution in [1.82, 2.24) is 39.7 Å². The molecule has 3 atom stereocenters. The molecule has 1 aromatic carbocycles. The van der Waals surface area contributed by atoms with Crippen LogP contribution in [0.15, 0.2) is 61.2 Å². The van der Waals surface area contributed by atoms with Crippen molar-refractivity contribution in [3.8, 4) is 22.4 Å². The Morgan fingerprint density at radius 2 is 1.82 bits per heavy atom. The minimum Gasteiger partial charge on any atom is -0.381 e. The van der Waals surface area contributed by atoms with Gasteiger partial charge in [-0.1, -0.05) is 36.4 Å². The molecular weight excluding hydrogens is 485 g/mol. The zero-order valence-electron chi connectivity index (χ0n) is 20.3. The number of nitrogens with zero attached hydrogens (tertiary/aromatic N) is 7. The van der Waals surface area contributed by atoms with Crippen LogP contribution in [0.3, 0.4) is 0 Å². The normalized spacial score (nSPS) is 20.8. The topological polar surface area (TPSA) is 131 Å². The molecule has 7 rings (SSSR count). The molecule has 4 aromatic heterocycles. The number of pyridine rings is 1. The summed E-state index contributed by atoms with van der Waals surface area (Å²) in [5.74, 6) is -0.728. The molecule has 0 saturated carbocycles. The van der Waals surface area contributed by atoms with E-state index in [0.29, 0.717) is 24.2 Å². The molecule has 1 amide bonds. The molecule has 2 aliphatic rings. The summed E-state index contributed by atoms with van der Waals surface area (Å²) >= 11 is 0. The van der Waals surface area contributed by atoms with E-state index in [0.717, 1.165) is 35.2 Å². The fraction of sp³-hybridized carbons (Fsp3) is 0.259. The Balaban J connectivity index is 1.22. The number of fused-ring (bicyclic) bond motifs is 3. The fourth-order valence-electron chi connectivity index (χ4n) is 5.98. The van der Waals surface area contributed by atoms with Gasteiger partial charge in [-0.2, -0.15) is 9.61 Å². The lowest BCUT2D eigenvalue weighted by Crippen LogP contribution is -2.46. The third kappa shape index (κ3) is 3.53. The van der Waals surface area contributed by atoms with Crippen LogP contribution in [0, 0.1) is 5.82 Å². The van der Waals surface area contributed by atoms with Gasteiger partial charge >= 0.3 is 0 Å². The molecule has 2 saturated heterocycles. The van der Waals surface area contributed by atoms with Gasteiger partial charge < -0.3 is 15.6 Å². The highest BCUT2D eigenvalue weighted by molar-refractivity contribution is 5.91. The van der Waals surface area contributed by atoms with Crippen molar-refractivity contribution in [3.05, 3.63) is 78.5 Å². The number of halogens is 1. The lowest BCUT2D eigenvalue weighted by Gasteiger charge is -2.38. The molecule has 2 fully saturated rings. The van der Waals surface area contributed by atoms with E-state index in [4.69, 9.17) is 10.7 Å². The number of benzene rings is 1. The highest BCUT2D eigenvalue weighted by Crippen LogP contribution is 2.44. The van der Waals surface area contributed by atoms with Gasteiger partial charge in [-0.25, -0.2) is 9.37 Å². The summed E-state index contributed by atoms with van der Waals surface area (Å²) in [5, 5.41) is 11.9. The van der Waals surface area contributed by atoms with Gasteiger partial charge in [-0.3, -0.25) is 9.78 Å². The van der Waals surface area contributed by atoms with E-state index >= 15 is 4.39 Å². The number of piperidine rings is 1. The number of anilines is 1. The van der Waals surface area contributed by atoms with Crippen molar-refractivity contribution in [1.29, 1.82) is 0 Å². The number of aromatic nitrogens is 7. The molecule has 11 heteroatoms. The van der Waals surface area contributed by atoms with Gasteiger partial charge in [-0.15, -0.1) is 10.2 Å². The van der Waals surface area contributed by atoms with Crippen molar-refractivity contribution in [2.75, 3.05) is 5.73 Å². The molecule has 0 spiro atoms. The lowest BCUT2D eigenvalue weighted by atomic mass is 9.87. The van der Waals surface area contributed by atoms with Crippen molar-refractivity contribution in [2.45, 2.75) is 43.7 Å². The van der Waals surface area contributed by atoms with E-state index in [1.807, 2.05) is 47.4 Å². The fourth-order valence-corrected chi connectivity index (χ4v) is 5.98. The molecule has 6 heterocycles. The van der Waals surface area contributed by atoms with Crippen molar-refractivity contribution in [3.63, 3.8) is 0 Å². The number of hydrogen-bond acceptors (Lipinski definition) is 7. The third-order valence-corrected chi connectivity index (χ3v) is 7.77. The van der Waals surface area contributed by atoms with Crippen LogP contribution in [-0.4, -0.2) is 57.7 Å². The van der Waals surface area contributed by atoms with Gasteiger partial charge in [-0.05, 0) is 31.7 Å².